The topological polar surface area (TPSA) is 36.4 Å². The highest BCUT2D eigenvalue weighted by molar-refractivity contribution is 9.10. The SMILES string of the molecule is CCC(C)N1CCN(C(=O)c2cc(Br)cnc2Cl)CC1. The molecule has 1 fully saturated rings. The molecule has 0 radical (unpaired) electrons. The van der Waals surface area contributed by atoms with Crippen LogP contribution in [0, 0.1) is 0 Å². The first kappa shape index (κ1) is 15.7. The summed E-state index contributed by atoms with van der Waals surface area (Å²) in [5.41, 5.74) is 0.470. The average Bonchev–Trinajstić information content (AvgIpc) is 2.48. The van der Waals surface area contributed by atoms with Crippen LogP contribution in [0.3, 0.4) is 0 Å². The molecular weight excluding hydrogens is 342 g/mol. The van der Waals surface area contributed by atoms with Gasteiger partial charge in [0.1, 0.15) is 5.15 Å². The minimum Gasteiger partial charge on any atom is -0.336 e. The van der Waals surface area contributed by atoms with E-state index in [2.05, 4.69) is 39.7 Å². The number of hydrogen-bond acceptors (Lipinski definition) is 3. The summed E-state index contributed by atoms with van der Waals surface area (Å²) in [7, 11) is 0. The molecule has 1 aliphatic rings. The van der Waals surface area contributed by atoms with E-state index in [1.807, 2.05) is 4.90 Å². The van der Waals surface area contributed by atoms with E-state index in [1.165, 1.54) is 0 Å². The zero-order valence-corrected chi connectivity index (χ0v) is 14.1. The molecule has 0 aromatic carbocycles. The van der Waals surface area contributed by atoms with E-state index in [1.54, 1.807) is 12.3 Å². The Morgan fingerprint density at radius 1 is 1.45 bits per heavy atom. The van der Waals surface area contributed by atoms with Crippen LogP contribution >= 0.6 is 27.5 Å². The molecule has 20 heavy (non-hydrogen) atoms. The van der Waals surface area contributed by atoms with Gasteiger partial charge in [-0.2, -0.15) is 0 Å². The molecule has 1 saturated heterocycles. The lowest BCUT2D eigenvalue weighted by atomic mass is 10.1. The monoisotopic (exact) mass is 359 g/mol. The Kier molecular flexibility index (Phi) is 5.41. The van der Waals surface area contributed by atoms with E-state index in [9.17, 15) is 4.79 Å². The van der Waals surface area contributed by atoms with Crippen LogP contribution in [0.1, 0.15) is 30.6 Å². The second kappa shape index (κ2) is 6.87. The second-order valence-electron chi connectivity index (χ2n) is 5.08. The second-order valence-corrected chi connectivity index (χ2v) is 6.35. The number of amides is 1. The first-order chi connectivity index (χ1) is 9.52. The number of nitrogens with zero attached hydrogens (tertiary/aromatic N) is 3. The summed E-state index contributed by atoms with van der Waals surface area (Å²) < 4.78 is 0.767. The summed E-state index contributed by atoms with van der Waals surface area (Å²) in [6, 6.07) is 2.31. The van der Waals surface area contributed by atoms with Crippen molar-refractivity contribution in [2.45, 2.75) is 26.3 Å². The van der Waals surface area contributed by atoms with E-state index in [0.29, 0.717) is 11.6 Å². The normalized spacial score (nSPS) is 18.1. The summed E-state index contributed by atoms with van der Waals surface area (Å²) >= 11 is 9.35. The van der Waals surface area contributed by atoms with Gasteiger partial charge in [-0.05, 0) is 35.3 Å². The number of carbonyl (C=O) groups is 1. The molecule has 1 aromatic rings. The fourth-order valence-electron chi connectivity index (χ4n) is 2.37. The van der Waals surface area contributed by atoms with Crippen LogP contribution in [0.15, 0.2) is 16.7 Å². The van der Waals surface area contributed by atoms with Gasteiger partial charge in [0, 0.05) is 42.9 Å². The van der Waals surface area contributed by atoms with Crippen molar-refractivity contribution in [1.82, 2.24) is 14.8 Å². The van der Waals surface area contributed by atoms with Gasteiger partial charge < -0.3 is 4.90 Å². The Balaban J connectivity index is 2.03. The van der Waals surface area contributed by atoms with Crippen molar-refractivity contribution in [2.75, 3.05) is 26.2 Å². The molecule has 0 bridgehead atoms. The maximum absolute atomic E-state index is 12.5. The third-order valence-corrected chi connectivity index (χ3v) is 4.59. The van der Waals surface area contributed by atoms with Crippen molar-refractivity contribution in [1.29, 1.82) is 0 Å². The fourth-order valence-corrected chi connectivity index (χ4v) is 2.88. The quantitative estimate of drug-likeness (QED) is 0.777. The van der Waals surface area contributed by atoms with Crippen LogP contribution in [0.5, 0.6) is 0 Å². The highest BCUT2D eigenvalue weighted by Crippen LogP contribution is 2.20. The van der Waals surface area contributed by atoms with E-state index < -0.39 is 0 Å². The Bertz CT molecular complexity index is 489. The minimum absolute atomic E-state index is 0.0346. The molecule has 2 rings (SSSR count). The molecule has 0 spiro atoms. The van der Waals surface area contributed by atoms with Crippen LogP contribution in [-0.4, -0.2) is 52.9 Å². The average molecular weight is 361 g/mol. The summed E-state index contributed by atoms with van der Waals surface area (Å²) in [6.07, 6.45) is 2.73. The Morgan fingerprint density at radius 2 is 2.10 bits per heavy atom. The van der Waals surface area contributed by atoms with Crippen molar-refractivity contribution >= 4 is 33.4 Å². The van der Waals surface area contributed by atoms with E-state index in [4.69, 9.17) is 11.6 Å². The molecule has 110 valence electrons. The summed E-state index contributed by atoms with van der Waals surface area (Å²) in [5, 5.41) is 0.266. The van der Waals surface area contributed by atoms with Gasteiger partial charge in [0.05, 0.1) is 5.56 Å². The lowest BCUT2D eigenvalue weighted by Crippen LogP contribution is -2.51. The van der Waals surface area contributed by atoms with Crippen LogP contribution < -0.4 is 0 Å². The molecule has 1 aliphatic heterocycles. The first-order valence-corrected chi connectivity index (χ1v) is 8.04. The molecule has 4 nitrogen and oxygen atoms in total. The number of aromatic nitrogens is 1. The molecule has 1 aromatic heterocycles. The van der Waals surface area contributed by atoms with Crippen molar-refractivity contribution in [3.63, 3.8) is 0 Å². The number of halogens is 2. The number of hydrogen-bond donors (Lipinski definition) is 0. The molecular formula is C14H19BrClN3O. The van der Waals surface area contributed by atoms with Crippen molar-refractivity contribution in [3.05, 3.63) is 27.5 Å². The molecule has 1 unspecified atom stereocenters. The molecule has 1 atom stereocenters. The zero-order chi connectivity index (χ0) is 14.7. The summed E-state index contributed by atoms with van der Waals surface area (Å²) in [6.45, 7) is 7.74. The van der Waals surface area contributed by atoms with Gasteiger partial charge >= 0.3 is 0 Å². The van der Waals surface area contributed by atoms with Crippen LogP contribution in [-0.2, 0) is 0 Å². The van der Waals surface area contributed by atoms with Gasteiger partial charge in [-0.3, -0.25) is 9.69 Å². The van der Waals surface area contributed by atoms with Gasteiger partial charge in [0.25, 0.3) is 5.91 Å². The smallest absolute Gasteiger partial charge is 0.257 e. The van der Waals surface area contributed by atoms with Gasteiger partial charge in [-0.1, -0.05) is 18.5 Å². The zero-order valence-electron chi connectivity index (χ0n) is 11.8. The van der Waals surface area contributed by atoms with Crippen molar-refractivity contribution in [2.24, 2.45) is 0 Å². The third kappa shape index (κ3) is 3.51. The lowest BCUT2D eigenvalue weighted by molar-refractivity contribution is 0.0579. The van der Waals surface area contributed by atoms with Crippen LogP contribution in [0.25, 0.3) is 0 Å². The summed E-state index contributed by atoms with van der Waals surface area (Å²) in [5.74, 6) is -0.0346. The van der Waals surface area contributed by atoms with Crippen LogP contribution in [0.2, 0.25) is 5.15 Å². The van der Waals surface area contributed by atoms with Crippen molar-refractivity contribution in [3.8, 4) is 0 Å². The van der Waals surface area contributed by atoms with E-state index in [-0.39, 0.29) is 11.1 Å². The third-order valence-electron chi connectivity index (χ3n) is 3.85. The standard InChI is InChI=1S/C14H19BrClN3O/c1-3-10(2)18-4-6-19(7-5-18)14(20)12-8-11(15)9-17-13(12)16/h8-10H,3-7H2,1-2H3. The number of piperazine rings is 1. The maximum Gasteiger partial charge on any atom is 0.257 e. The van der Waals surface area contributed by atoms with E-state index in [0.717, 1.165) is 37.1 Å². The van der Waals surface area contributed by atoms with E-state index >= 15 is 0 Å². The molecule has 0 aliphatic carbocycles. The summed E-state index contributed by atoms with van der Waals surface area (Å²) in [4.78, 5) is 20.8. The molecule has 2 heterocycles. The minimum atomic E-state index is -0.0346. The number of carbonyl (C=O) groups excluding carboxylic acids is 1. The van der Waals surface area contributed by atoms with Gasteiger partial charge in [0.15, 0.2) is 0 Å². The Labute approximate surface area is 133 Å². The molecule has 1 amide bonds. The van der Waals surface area contributed by atoms with Crippen molar-refractivity contribution < 1.29 is 4.79 Å². The van der Waals surface area contributed by atoms with Gasteiger partial charge in [-0.15, -0.1) is 0 Å². The lowest BCUT2D eigenvalue weighted by Gasteiger charge is -2.37. The largest absolute Gasteiger partial charge is 0.336 e. The first-order valence-electron chi connectivity index (χ1n) is 6.87. The van der Waals surface area contributed by atoms with Gasteiger partial charge in [-0.25, -0.2) is 4.98 Å². The molecule has 0 saturated carbocycles. The number of pyridine rings is 1. The Hall–Kier alpha value is -0.650. The predicted octanol–water partition coefficient (Wildman–Crippen LogP) is 3.05. The molecule has 0 N–H and O–H groups in total. The maximum atomic E-state index is 12.5. The molecule has 6 heteroatoms. The Morgan fingerprint density at radius 3 is 2.70 bits per heavy atom. The van der Waals surface area contributed by atoms with Crippen LogP contribution in [0.4, 0.5) is 0 Å². The number of rotatable bonds is 3. The highest BCUT2D eigenvalue weighted by atomic mass is 79.9. The highest BCUT2D eigenvalue weighted by Gasteiger charge is 2.25. The van der Waals surface area contributed by atoms with Gasteiger partial charge in [0.2, 0.25) is 0 Å². The fraction of sp³-hybridized carbons (Fsp3) is 0.571. The predicted molar refractivity (Wildman–Crippen MR) is 84.2 cm³/mol.